The molecular formula is C31H38N10O11S. The van der Waals surface area contributed by atoms with Crippen LogP contribution in [0.4, 0.5) is 5.69 Å². The van der Waals surface area contributed by atoms with Crippen molar-refractivity contribution in [2.24, 2.45) is 5.73 Å². The Morgan fingerprint density at radius 1 is 0.887 bits per heavy atom. The van der Waals surface area contributed by atoms with Crippen LogP contribution < -0.4 is 37.9 Å². The van der Waals surface area contributed by atoms with Gasteiger partial charge in [0.25, 0.3) is 11.5 Å². The second kappa shape index (κ2) is 19.4. The molecule has 11 N–H and O–H groups in total. The summed E-state index contributed by atoms with van der Waals surface area (Å²) in [6, 6.07) is -0.128. The lowest BCUT2D eigenvalue weighted by Gasteiger charge is -2.22. The molecule has 0 aliphatic rings. The lowest BCUT2D eigenvalue weighted by Crippen LogP contribution is -2.57. The zero-order chi connectivity index (χ0) is 39.2. The Kier molecular flexibility index (Phi) is 15.1. The van der Waals surface area contributed by atoms with E-state index >= 15 is 0 Å². The maximum atomic E-state index is 13.0. The Hall–Kier alpha value is -6.16. The van der Waals surface area contributed by atoms with E-state index in [9.17, 15) is 38.4 Å². The van der Waals surface area contributed by atoms with Crippen molar-refractivity contribution in [1.82, 2.24) is 41.2 Å². The molecule has 0 saturated heterocycles. The zero-order valence-corrected chi connectivity index (χ0v) is 29.0. The number of H-pyrrole nitrogens is 1. The number of amides is 4. The van der Waals surface area contributed by atoms with Crippen LogP contribution in [0.15, 0.2) is 35.3 Å². The standard InChI is InChI=1S/C31H38N10O11S/c1-2-21-40-25-24(30(50)41-21)36-16(11-34-25)10-33-15-5-3-14(4-6-15)26(46)37-18(7-8-22(42)43)28(48)35-12-17(32)27(47)38-19(9-23(44)45)29(49)39-20(13-53)31(51)52/h3-6,11,17-20,33,53H,2,7-10,12-13,32H2,1H3,(H,35,48)(H,37,46)(H,38,47)(H,39,49)(H,42,43)(H,44,45)(H,51,52)(H,34,40,41,50). The molecule has 3 rings (SSSR count). The predicted molar refractivity (Wildman–Crippen MR) is 188 cm³/mol. The summed E-state index contributed by atoms with van der Waals surface area (Å²) in [4.78, 5) is 113. The van der Waals surface area contributed by atoms with Crippen LogP contribution in [0.3, 0.4) is 0 Å². The van der Waals surface area contributed by atoms with Crippen LogP contribution in [0.1, 0.15) is 48.1 Å². The highest BCUT2D eigenvalue weighted by Crippen LogP contribution is 2.12. The van der Waals surface area contributed by atoms with Crippen molar-refractivity contribution in [3.63, 3.8) is 0 Å². The molecule has 1 aromatic carbocycles. The van der Waals surface area contributed by atoms with Gasteiger partial charge in [-0.05, 0) is 30.7 Å². The second-order valence-corrected chi connectivity index (χ2v) is 11.7. The number of thiol groups is 1. The number of nitrogens with one attached hydrogen (secondary N) is 6. The van der Waals surface area contributed by atoms with E-state index in [4.69, 9.17) is 21.1 Å². The smallest absolute Gasteiger partial charge is 0.327 e. The first-order valence-corrected chi connectivity index (χ1v) is 16.6. The number of aliphatic carboxylic acids is 3. The summed E-state index contributed by atoms with van der Waals surface area (Å²) in [5, 5.41) is 39.4. The van der Waals surface area contributed by atoms with Crippen molar-refractivity contribution in [2.75, 3.05) is 17.6 Å². The van der Waals surface area contributed by atoms with Gasteiger partial charge in [0.15, 0.2) is 11.2 Å². The van der Waals surface area contributed by atoms with Gasteiger partial charge >= 0.3 is 17.9 Å². The fourth-order valence-corrected chi connectivity index (χ4v) is 4.76. The van der Waals surface area contributed by atoms with Gasteiger partial charge in [0.2, 0.25) is 17.7 Å². The molecule has 4 amide bonds. The Labute approximate surface area is 305 Å². The first-order chi connectivity index (χ1) is 25.1. The number of carboxylic acids is 3. The number of carbonyl (C=O) groups excluding carboxylic acids is 4. The van der Waals surface area contributed by atoms with Crippen molar-refractivity contribution in [3.05, 3.63) is 57.9 Å². The number of aryl methyl sites for hydroxylation is 1. The number of benzene rings is 1. The van der Waals surface area contributed by atoms with Crippen molar-refractivity contribution in [3.8, 4) is 0 Å². The van der Waals surface area contributed by atoms with E-state index < -0.39 is 90.6 Å². The normalized spacial score (nSPS) is 13.1. The van der Waals surface area contributed by atoms with Crippen LogP contribution in [-0.4, -0.2) is 113 Å². The van der Waals surface area contributed by atoms with Crippen molar-refractivity contribution < 1.29 is 48.9 Å². The molecule has 284 valence electrons. The summed E-state index contributed by atoms with van der Waals surface area (Å²) in [5.41, 5.74) is 6.85. The summed E-state index contributed by atoms with van der Waals surface area (Å²) < 4.78 is 0. The van der Waals surface area contributed by atoms with E-state index in [1.54, 1.807) is 12.1 Å². The maximum absolute atomic E-state index is 13.0. The molecule has 2 aromatic heterocycles. The summed E-state index contributed by atoms with van der Waals surface area (Å²) in [6.07, 6.45) is 0.230. The fourth-order valence-electron chi connectivity index (χ4n) is 4.51. The quantitative estimate of drug-likeness (QED) is 0.0542. The Balaban J connectivity index is 1.59. The number of aromatic nitrogens is 4. The van der Waals surface area contributed by atoms with E-state index in [1.807, 2.05) is 12.2 Å². The number of nitrogens with two attached hydrogens (primary N) is 1. The highest BCUT2D eigenvalue weighted by atomic mass is 32.1. The van der Waals surface area contributed by atoms with Gasteiger partial charge in [-0.1, -0.05) is 6.92 Å². The molecule has 0 spiro atoms. The second-order valence-electron chi connectivity index (χ2n) is 11.4. The minimum atomic E-state index is -1.72. The van der Waals surface area contributed by atoms with Gasteiger partial charge in [-0.15, -0.1) is 0 Å². The number of carboxylic acid groups (broad SMARTS) is 3. The van der Waals surface area contributed by atoms with Gasteiger partial charge < -0.3 is 52.6 Å². The van der Waals surface area contributed by atoms with Crippen molar-refractivity contribution in [1.29, 1.82) is 0 Å². The summed E-state index contributed by atoms with van der Waals surface area (Å²) in [5.74, 6) is -7.85. The molecule has 53 heavy (non-hydrogen) atoms. The number of carbonyl (C=O) groups is 7. The molecule has 0 radical (unpaired) electrons. The lowest BCUT2D eigenvalue weighted by atomic mass is 10.1. The first-order valence-electron chi connectivity index (χ1n) is 15.9. The molecule has 0 aliphatic heterocycles. The van der Waals surface area contributed by atoms with Crippen LogP contribution in [0.25, 0.3) is 11.2 Å². The molecule has 2 heterocycles. The molecule has 21 nitrogen and oxygen atoms in total. The topological polar surface area (TPSA) is 338 Å². The largest absolute Gasteiger partial charge is 0.481 e. The number of anilines is 1. The molecule has 0 saturated carbocycles. The number of hydrogen-bond acceptors (Lipinski definition) is 14. The number of hydrogen-bond donors (Lipinski definition) is 11. The maximum Gasteiger partial charge on any atom is 0.327 e. The third-order valence-corrected chi connectivity index (χ3v) is 7.75. The lowest BCUT2D eigenvalue weighted by molar-refractivity contribution is -0.143. The first kappa shape index (κ1) is 41.3. The summed E-state index contributed by atoms with van der Waals surface area (Å²) in [7, 11) is 0. The SMILES string of the molecule is CCc1nc2ncc(CNc3ccc(C(=O)NC(CCC(=O)O)C(=O)NCC(N)C(=O)NC(CC(=O)O)C(=O)NC(CS)C(=O)O)cc3)nc2c(=O)[nH]1. The number of nitrogens with zero attached hydrogens (tertiary/aromatic N) is 3. The van der Waals surface area contributed by atoms with Crippen LogP contribution in [0.2, 0.25) is 0 Å². The Morgan fingerprint density at radius 3 is 2.17 bits per heavy atom. The third kappa shape index (κ3) is 12.5. The van der Waals surface area contributed by atoms with Crippen molar-refractivity contribution in [2.45, 2.75) is 63.3 Å². The number of aromatic amines is 1. The molecule has 0 aliphatic carbocycles. The molecule has 0 fully saturated rings. The minimum Gasteiger partial charge on any atom is -0.481 e. The average molecular weight is 759 g/mol. The Bertz CT molecular complexity index is 1910. The van der Waals surface area contributed by atoms with Gasteiger partial charge in [0.1, 0.15) is 30.0 Å². The van der Waals surface area contributed by atoms with Gasteiger partial charge in [-0.2, -0.15) is 12.6 Å². The van der Waals surface area contributed by atoms with Gasteiger partial charge in [0, 0.05) is 36.4 Å². The highest BCUT2D eigenvalue weighted by Gasteiger charge is 2.30. The zero-order valence-electron chi connectivity index (χ0n) is 28.1. The van der Waals surface area contributed by atoms with Gasteiger partial charge in [-0.3, -0.25) is 33.6 Å². The molecule has 3 aromatic rings. The molecule has 4 unspecified atom stereocenters. The van der Waals surface area contributed by atoms with Crippen LogP contribution in [0.5, 0.6) is 0 Å². The van der Waals surface area contributed by atoms with Gasteiger partial charge in [0.05, 0.1) is 24.9 Å². The predicted octanol–water partition coefficient (Wildman–Crippen LogP) is -2.25. The number of rotatable bonds is 20. The third-order valence-electron chi connectivity index (χ3n) is 7.38. The van der Waals surface area contributed by atoms with Crippen LogP contribution >= 0.6 is 12.6 Å². The number of fused-ring (bicyclic) bond motifs is 1. The van der Waals surface area contributed by atoms with E-state index in [1.165, 1.54) is 18.3 Å². The van der Waals surface area contributed by atoms with Crippen molar-refractivity contribution >= 4 is 71.0 Å². The van der Waals surface area contributed by atoms with E-state index in [0.717, 1.165) is 0 Å². The van der Waals surface area contributed by atoms with Gasteiger partial charge in [-0.25, -0.2) is 19.7 Å². The average Bonchev–Trinajstić information content (AvgIpc) is 3.12. The summed E-state index contributed by atoms with van der Waals surface area (Å²) >= 11 is 3.81. The van der Waals surface area contributed by atoms with E-state index in [2.05, 4.69) is 53.8 Å². The molecule has 22 heteroatoms. The van der Waals surface area contributed by atoms with Crippen LogP contribution in [-0.2, 0) is 41.7 Å². The molecular weight excluding hydrogens is 720 g/mol. The highest BCUT2D eigenvalue weighted by molar-refractivity contribution is 7.80. The van der Waals surface area contributed by atoms with E-state index in [-0.39, 0.29) is 35.4 Å². The monoisotopic (exact) mass is 758 g/mol. The molecule has 4 atom stereocenters. The van der Waals surface area contributed by atoms with E-state index in [0.29, 0.717) is 23.6 Å². The van der Waals surface area contributed by atoms with Crippen LogP contribution in [0, 0.1) is 0 Å². The molecule has 0 bridgehead atoms. The summed E-state index contributed by atoms with van der Waals surface area (Å²) in [6.45, 7) is 1.44. The Morgan fingerprint density at radius 2 is 1.57 bits per heavy atom. The minimum absolute atomic E-state index is 0.0893. The fraction of sp³-hybridized carbons (Fsp3) is 0.387.